The molecule has 2 aromatic heterocycles. The van der Waals surface area contributed by atoms with Gasteiger partial charge in [-0.2, -0.15) is 0 Å². The van der Waals surface area contributed by atoms with Crippen molar-refractivity contribution in [2.75, 3.05) is 11.9 Å². The van der Waals surface area contributed by atoms with Gasteiger partial charge in [0, 0.05) is 12.7 Å². The Balaban J connectivity index is 1.77. The molecule has 3 rings (SSSR count). The molecule has 1 saturated heterocycles. The molecule has 1 atom stereocenters. The third-order valence-corrected chi connectivity index (χ3v) is 4.68. The minimum atomic E-state index is -0.542. The van der Waals surface area contributed by atoms with Gasteiger partial charge in [0.05, 0.1) is 4.88 Å². The molecule has 0 spiro atoms. The van der Waals surface area contributed by atoms with Crippen LogP contribution in [0.1, 0.15) is 28.9 Å². The van der Waals surface area contributed by atoms with Crippen molar-refractivity contribution in [3.05, 3.63) is 40.7 Å². The van der Waals surface area contributed by atoms with Crippen molar-refractivity contribution in [1.82, 2.24) is 9.88 Å². The van der Waals surface area contributed by atoms with E-state index in [0.717, 1.165) is 12.8 Å². The number of nitrogens with one attached hydrogen (secondary N) is 1. The van der Waals surface area contributed by atoms with E-state index in [-0.39, 0.29) is 23.4 Å². The molecule has 0 saturated carbocycles. The molecule has 0 aromatic carbocycles. The monoisotopic (exact) mass is 331 g/mol. The Morgan fingerprint density at radius 1 is 1.30 bits per heavy atom. The Kier molecular flexibility index (Phi) is 4.57. The van der Waals surface area contributed by atoms with Crippen LogP contribution in [0.5, 0.6) is 5.75 Å². The normalized spacial score (nSPS) is 17.7. The molecule has 0 bridgehead atoms. The van der Waals surface area contributed by atoms with E-state index in [9.17, 15) is 14.7 Å². The van der Waals surface area contributed by atoms with Crippen LogP contribution in [0.3, 0.4) is 0 Å². The lowest BCUT2D eigenvalue weighted by Crippen LogP contribution is -2.49. The zero-order valence-corrected chi connectivity index (χ0v) is 13.3. The molecule has 120 valence electrons. The molecule has 7 heteroatoms. The number of carbonyl (C=O) groups excluding carboxylic acids is 2. The number of anilines is 1. The summed E-state index contributed by atoms with van der Waals surface area (Å²) in [6.45, 7) is 0.559. The summed E-state index contributed by atoms with van der Waals surface area (Å²) in [6, 6.07) is 6.08. The van der Waals surface area contributed by atoms with Gasteiger partial charge in [-0.15, -0.1) is 11.3 Å². The number of carbonyl (C=O) groups is 2. The van der Waals surface area contributed by atoms with Crippen molar-refractivity contribution in [2.24, 2.45) is 0 Å². The number of thiophene rings is 1. The molecule has 6 nitrogen and oxygen atoms in total. The lowest BCUT2D eigenvalue weighted by atomic mass is 10.0. The summed E-state index contributed by atoms with van der Waals surface area (Å²) >= 11 is 1.37. The third kappa shape index (κ3) is 3.34. The summed E-state index contributed by atoms with van der Waals surface area (Å²) < 4.78 is 0. The average Bonchev–Trinajstić information content (AvgIpc) is 3.11. The van der Waals surface area contributed by atoms with Crippen LogP contribution in [-0.4, -0.2) is 39.4 Å². The van der Waals surface area contributed by atoms with E-state index < -0.39 is 6.04 Å². The van der Waals surface area contributed by atoms with E-state index >= 15 is 0 Å². The molecular formula is C16H17N3O3S. The summed E-state index contributed by atoms with van der Waals surface area (Å²) in [5.41, 5.74) is 0. The second-order valence-electron chi connectivity index (χ2n) is 5.35. The summed E-state index contributed by atoms with van der Waals surface area (Å²) in [4.78, 5) is 31.3. The Hall–Kier alpha value is -2.41. The van der Waals surface area contributed by atoms with Gasteiger partial charge in [0.15, 0.2) is 11.6 Å². The van der Waals surface area contributed by atoms with Crippen molar-refractivity contribution >= 4 is 29.0 Å². The van der Waals surface area contributed by atoms with Crippen LogP contribution in [0.4, 0.5) is 5.82 Å². The number of nitrogens with zero attached hydrogens (tertiary/aromatic N) is 2. The van der Waals surface area contributed by atoms with Crippen molar-refractivity contribution in [1.29, 1.82) is 0 Å². The first-order valence-corrected chi connectivity index (χ1v) is 8.34. The van der Waals surface area contributed by atoms with Crippen molar-refractivity contribution in [3.63, 3.8) is 0 Å². The van der Waals surface area contributed by atoms with Crippen LogP contribution >= 0.6 is 11.3 Å². The SMILES string of the molecule is O=C(Nc1ncccc1O)C1CCCCN1C(=O)c1cccs1. The van der Waals surface area contributed by atoms with Gasteiger partial charge in [0.25, 0.3) is 5.91 Å². The van der Waals surface area contributed by atoms with Gasteiger partial charge in [-0.3, -0.25) is 9.59 Å². The number of hydrogen-bond donors (Lipinski definition) is 2. The van der Waals surface area contributed by atoms with Gasteiger partial charge >= 0.3 is 0 Å². The number of rotatable bonds is 3. The minimum Gasteiger partial charge on any atom is -0.504 e. The van der Waals surface area contributed by atoms with E-state index in [0.29, 0.717) is 17.8 Å². The standard InChI is InChI=1S/C16H17N3O3S/c20-12-6-3-8-17-14(12)18-15(21)11-5-1-2-9-19(11)16(22)13-7-4-10-23-13/h3-4,6-8,10-11,20H,1-2,5,9H2,(H,17,18,21). The number of pyridine rings is 1. The van der Waals surface area contributed by atoms with E-state index in [2.05, 4.69) is 10.3 Å². The van der Waals surface area contributed by atoms with E-state index in [1.54, 1.807) is 17.0 Å². The highest BCUT2D eigenvalue weighted by Crippen LogP contribution is 2.24. The highest BCUT2D eigenvalue weighted by Gasteiger charge is 2.33. The quantitative estimate of drug-likeness (QED) is 0.905. The van der Waals surface area contributed by atoms with Gasteiger partial charge in [0.2, 0.25) is 5.91 Å². The fourth-order valence-corrected chi connectivity index (χ4v) is 3.36. The Bertz CT molecular complexity index is 702. The molecular weight excluding hydrogens is 314 g/mol. The number of aromatic nitrogens is 1. The fourth-order valence-electron chi connectivity index (χ4n) is 2.68. The zero-order valence-electron chi connectivity index (χ0n) is 12.4. The molecule has 0 radical (unpaired) electrons. The maximum absolute atomic E-state index is 12.6. The number of aromatic hydroxyl groups is 1. The summed E-state index contributed by atoms with van der Waals surface area (Å²) in [6.07, 6.45) is 3.87. The van der Waals surface area contributed by atoms with Crippen LogP contribution in [0.2, 0.25) is 0 Å². The predicted molar refractivity (Wildman–Crippen MR) is 87.5 cm³/mol. The molecule has 2 aromatic rings. The first-order valence-electron chi connectivity index (χ1n) is 7.46. The van der Waals surface area contributed by atoms with Gasteiger partial charge in [0.1, 0.15) is 6.04 Å². The Morgan fingerprint density at radius 3 is 2.91 bits per heavy atom. The van der Waals surface area contributed by atoms with Crippen molar-refractivity contribution in [3.8, 4) is 5.75 Å². The molecule has 1 fully saturated rings. The van der Waals surface area contributed by atoms with Crippen LogP contribution < -0.4 is 5.32 Å². The maximum atomic E-state index is 12.6. The van der Waals surface area contributed by atoms with E-state index in [1.807, 2.05) is 11.4 Å². The average molecular weight is 331 g/mol. The smallest absolute Gasteiger partial charge is 0.264 e. The van der Waals surface area contributed by atoms with Gasteiger partial charge < -0.3 is 15.3 Å². The number of likely N-dealkylation sites (tertiary alicyclic amines) is 1. The third-order valence-electron chi connectivity index (χ3n) is 3.83. The summed E-state index contributed by atoms with van der Waals surface area (Å²) in [5, 5.41) is 14.2. The summed E-state index contributed by atoms with van der Waals surface area (Å²) in [7, 11) is 0. The molecule has 0 aliphatic carbocycles. The number of hydrogen-bond acceptors (Lipinski definition) is 5. The van der Waals surface area contributed by atoms with Crippen LogP contribution in [0.15, 0.2) is 35.8 Å². The molecule has 3 heterocycles. The molecule has 1 aliphatic rings. The first-order chi connectivity index (χ1) is 11.2. The van der Waals surface area contributed by atoms with Crippen molar-refractivity contribution < 1.29 is 14.7 Å². The molecule has 23 heavy (non-hydrogen) atoms. The second-order valence-corrected chi connectivity index (χ2v) is 6.30. The number of piperidine rings is 1. The number of amides is 2. The molecule has 1 aliphatic heterocycles. The second kappa shape index (κ2) is 6.78. The topological polar surface area (TPSA) is 82.5 Å². The van der Waals surface area contributed by atoms with Crippen LogP contribution in [0, 0.1) is 0 Å². The first kappa shape index (κ1) is 15.5. The fraction of sp³-hybridized carbons (Fsp3) is 0.312. The van der Waals surface area contributed by atoms with Crippen LogP contribution in [-0.2, 0) is 4.79 Å². The highest BCUT2D eigenvalue weighted by atomic mass is 32.1. The van der Waals surface area contributed by atoms with E-state index in [4.69, 9.17) is 0 Å². The summed E-state index contributed by atoms with van der Waals surface area (Å²) in [5.74, 6) is -0.409. The van der Waals surface area contributed by atoms with E-state index in [1.165, 1.54) is 23.6 Å². The van der Waals surface area contributed by atoms with Crippen LogP contribution in [0.25, 0.3) is 0 Å². The van der Waals surface area contributed by atoms with Gasteiger partial charge in [-0.05, 0) is 42.8 Å². The zero-order chi connectivity index (χ0) is 16.2. The lowest BCUT2D eigenvalue weighted by Gasteiger charge is -2.34. The van der Waals surface area contributed by atoms with Crippen molar-refractivity contribution in [2.45, 2.75) is 25.3 Å². The molecule has 1 unspecified atom stereocenters. The Morgan fingerprint density at radius 2 is 2.17 bits per heavy atom. The predicted octanol–water partition coefficient (Wildman–Crippen LogP) is 2.48. The molecule has 2 N–H and O–H groups in total. The lowest BCUT2D eigenvalue weighted by molar-refractivity contribution is -0.121. The minimum absolute atomic E-state index is 0.0900. The Labute approximate surface area is 137 Å². The maximum Gasteiger partial charge on any atom is 0.264 e. The largest absolute Gasteiger partial charge is 0.504 e. The van der Waals surface area contributed by atoms with Gasteiger partial charge in [-0.25, -0.2) is 4.98 Å². The highest BCUT2D eigenvalue weighted by molar-refractivity contribution is 7.12. The molecule has 2 amide bonds. The van der Waals surface area contributed by atoms with Gasteiger partial charge in [-0.1, -0.05) is 6.07 Å².